The minimum absolute atomic E-state index is 0. The van der Waals surface area contributed by atoms with E-state index in [2.05, 4.69) is 5.43 Å². The van der Waals surface area contributed by atoms with Crippen LogP contribution in [0.25, 0.3) is 0 Å². The third-order valence-electron chi connectivity index (χ3n) is 1.71. The number of para-hydroxylation sites is 1. The van der Waals surface area contributed by atoms with Crippen molar-refractivity contribution in [3.8, 4) is 0 Å². The van der Waals surface area contributed by atoms with Gasteiger partial charge in [-0.3, -0.25) is 5.84 Å². The first-order valence-corrected chi connectivity index (χ1v) is 4.23. The SMILES string of the molecule is NNC(=S)Cc1ccccc1[NH2+]O.O. The van der Waals surface area contributed by atoms with E-state index in [1.165, 1.54) is 0 Å². The predicted octanol–water partition coefficient (Wildman–Crippen LogP) is -1.22. The van der Waals surface area contributed by atoms with E-state index in [1.807, 2.05) is 24.3 Å². The van der Waals surface area contributed by atoms with E-state index < -0.39 is 0 Å². The summed E-state index contributed by atoms with van der Waals surface area (Å²) in [5.74, 6) is 5.15. The second kappa shape index (κ2) is 6.41. The van der Waals surface area contributed by atoms with Crippen molar-refractivity contribution in [3.63, 3.8) is 0 Å². The molecule has 0 aliphatic rings. The van der Waals surface area contributed by atoms with Crippen LogP contribution in [0.4, 0.5) is 5.69 Å². The monoisotopic (exact) mass is 216 g/mol. The molecule has 14 heavy (non-hydrogen) atoms. The lowest BCUT2D eigenvalue weighted by Crippen LogP contribution is -2.74. The smallest absolute Gasteiger partial charge is 0.165 e. The van der Waals surface area contributed by atoms with Crippen LogP contribution >= 0.6 is 12.2 Å². The summed E-state index contributed by atoms with van der Waals surface area (Å²) < 4.78 is 0. The number of hydrogen-bond donors (Lipinski definition) is 4. The Bertz CT molecular complexity index is 306. The molecule has 1 rings (SSSR count). The van der Waals surface area contributed by atoms with Crippen LogP contribution in [0, 0.1) is 0 Å². The third kappa shape index (κ3) is 3.36. The van der Waals surface area contributed by atoms with Gasteiger partial charge >= 0.3 is 0 Å². The van der Waals surface area contributed by atoms with E-state index in [0.717, 1.165) is 16.7 Å². The Kier molecular flexibility index (Phi) is 5.93. The maximum atomic E-state index is 8.88. The first-order valence-electron chi connectivity index (χ1n) is 3.82. The molecule has 5 nitrogen and oxygen atoms in total. The number of benzene rings is 1. The summed E-state index contributed by atoms with van der Waals surface area (Å²) >= 11 is 4.91. The Labute approximate surface area is 87.2 Å². The van der Waals surface area contributed by atoms with Crippen molar-refractivity contribution in [2.24, 2.45) is 5.84 Å². The van der Waals surface area contributed by atoms with E-state index >= 15 is 0 Å². The number of thiocarbonyl (C=S) groups is 1. The zero-order valence-corrected chi connectivity index (χ0v) is 8.34. The Morgan fingerprint density at radius 2 is 2.14 bits per heavy atom. The van der Waals surface area contributed by atoms with Gasteiger partial charge in [-0.1, -0.05) is 30.4 Å². The highest BCUT2D eigenvalue weighted by Crippen LogP contribution is 2.09. The molecule has 0 spiro atoms. The second-order valence-corrected chi connectivity index (χ2v) is 3.07. The Hall–Kier alpha value is -1.05. The van der Waals surface area contributed by atoms with Crippen molar-refractivity contribution in [3.05, 3.63) is 29.8 Å². The topological polar surface area (TPSA) is 106 Å². The fourth-order valence-electron chi connectivity index (χ4n) is 1.05. The molecule has 8 N–H and O–H groups in total. The zero-order chi connectivity index (χ0) is 9.68. The van der Waals surface area contributed by atoms with E-state index in [-0.39, 0.29) is 5.48 Å². The number of nitrogens with two attached hydrogens (primary N) is 2. The first-order chi connectivity index (χ1) is 6.27. The average Bonchev–Trinajstić information content (AvgIpc) is 2.18. The van der Waals surface area contributed by atoms with Gasteiger partial charge in [0.1, 0.15) is 0 Å². The molecule has 0 bridgehead atoms. The van der Waals surface area contributed by atoms with Gasteiger partial charge in [-0.15, -0.1) is 0 Å². The molecule has 0 saturated heterocycles. The standard InChI is InChI=1S/C8H11N3OS.H2O/c9-10-8(13)5-6-3-1-2-4-7(6)11-12;/h1-4,11-12H,5,9H2,(H,10,13);1H2/p+1. The number of rotatable bonds is 3. The largest absolute Gasteiger partial charge is 0.412 e. The summed E-state index contributed by atoms with van der Waals surface area (Å²) in [4.78, 5) is 0.550. The van der Waals surface area contributed by atoms with Crippen LogP contribution in [0.1, 0.15) is 5.56 Å². The lowest BCUT2D eigenvalue weighted by Gasteiger charge is -2.04. The van der Waals surface area contributed by atoms with Crippen molar-refractivity contribution < 1.29 is 16.2 Å². The van der Waals surface area contributed by atoms with Crippen molar-refractivity contribution in [2.75, 3.05) is 0 Å². The molecule has 78 valence electrons. The average molecular weight is 216 g/mol. The molecule has 0 aliphatic carbocycles. The van der Waals surface area contributed by atoms with Gasteiger partial charge in [0.15, 0.2) is 5.69 Å². The molecule has 0 aromatic heterocycles. The highest BCUT2D eigenvalue weighted by Gasteiger charge is 2.05. The van der Waals surface area contributed by atoms with Crippen LogP contribution in [0.3, 0.4) is 0 Å². The van der Waals surface area contributed by atoms with Crippen molar-refractivity contribution in [1.29, 1.82) is 0 Å². The lowest BCUT2D eigenvalue weighted by molar-refractivity contribution is -0.826. The molecule has 0 fully saturated rings. The van der Waals surface area contributed by atoms with E-state index in [1.54, 1.807) is 0 Å². The molecule has 0 unspecified atom stereocenters. The molecule has 1 aromatic carbocycles. The van der Waals surface area contributed by atoms with Crippen LogP contribution in [0.15, 0.2) is 24.3 Å². The number of quaternary nitrogens is 1. The van der Waals surface area contributed by atoms with E-state index in [9.17, 15) is 0 Å². The van der Waals surface area contributed by atoms with Crippen LogP contribution < -0.4 is 16.7 Å². The van der Waals surface area contributed by atoms with Gasteiger partial charge in [0.25, 0.3) is 0 Å². The normalized spacial score (nSPS) is 9.00. The van der Waals surface area contributed by atoms with Crippen LogP contribution in [-0.2, 0) is 6.42 Å². The zero-order valence-electron chi connectivity index (χ0n) is 7.53. The van der Waals surface area contributed by atoms with E-state index in [4.69, 9.17) is 23.3 Å². The molecule has 0 radical (unpaired) electrons. The fourth-order valence-corrected chi connectivity index (χ4v) is 1.20. The van der Waals surface area contributed by atoms with Gasteiger partial charge in [-0.25, -0.2) is 5.21 Å². The molecule has 0 aliphatic heterocycles. The lowest BCUT2D eigenvalue weighted by atomic mass is 10.1. The number of hydrogen-bond acceptors (Lipinski definition) is 3. The summed E-state index contributed by atoms with van der Waals surface area (Å²) in [5.41, 5.74) is 5.18. The highest BCUT2D eigenvalue weighted by atomic mass is 32.1. The molecule has 0 heterocycles. The highest BCUT2D eigenvalue weighted by molar-refractivity contribution is 7.80. The summed E-state index contributed by atoms with van der Waals surface area (Å²) in [7, 11) is 0. The summed E-state index contributed by atoms with van der Waals surface area (Å²) in [6, 6.07) is 7.45. The Balaban J connectivity index is 0.00000169. The van der Waals surface area contributed by atoms with Crippen molar-refractivity contribution in [2.45, 2.75) is 6.42 Å². The minimum Gasteiger partial charge on any atom is -0.412 e. The number of hydrazine groups is 1. The van der Waals surface area contributed by atoms with Gasteiger partial charge in [0.2, 0.25) is 0 Å². The van der Waals surface area contributed by atoms with E-state index in [0.29, 0.717) is 11.4 Å². The molecule has 0 amide bonds. The number of nitrogens with one attached hydrogen (secondary N) is 1. The summed E-state index contributed by atoms with van der Waals surface area (Å²) in [6.07, 6.45) is 0.541. The van der Waals surface area contributed by atoms with Crippen LogP contribution in [0.2, 0.25) is 0 Å². The molecular weight excluding hydrogens is 202 g/mol. The maximum absolute atomic E-state index is 8.88. The van der Waals surface area contributed by atoms with Crippen LogP contribution in [0.5, 0.6) is 0 Å². The van der Waals surface area contributed by atoms with Gasteiger partial charge in [-0.2, -0.15) is 5.48 Å². The molecular formula is C8H14N3O2S+. The quantitative estimate of drug-likeness (QED) is 0.220. The second-order valence-electron chi connectivity index (χ2n) is 2.57. The van der Waals surface area contributed by atoms with Gasteiger partial charge in [-0.05, 0) is 0 Å². The molecule has 0 atom stereocenters. The minimum atomic E-state index is 0. The van der Waals surface area contributed by atoms with Gasteiger partial charge in [0, 0.05) is 18.1 Å². The Morgan fingerprint density at radius 1 is 1.50 bits per heavy atom. The van der Waals surface area contributed by atoms with Crippen molar-refractivity contribution in [1.82, 2.24) is 5.43 Å². The van der Waals surface area contributed by atoms with Gasteiger partial charge in [0.05, 0.1) is 4.99 Å². The van der Waals surface area contributed by atoms with Crippen molar-refractivity contribution >= 4 is 22.9 Å². The fraction of sp³-hybridized carbons (Fsp3) is 0.125. The maximum Gasteiger partial charge on any atom is 0.165 e. The van der Waals surface area contributed by atoms with Gasteiger partial charge < -0.3 is 10.9 Å². The third-order valence-corrected chi connectivity index (χ3v) is 1.97. The summed E-state index contributed by atoms with van der Waals surface area (Å²) in [5, 5.41) is 8.88. The Morgan fingerprint density at radius 3 is 2.71 bits per heavy atom. The summed E-state index contributed by atoms with van der Waals surface area (Å²) in [6.45, 7) is 0. The predicted molar refractivity (Wildman–Crippen MR) is 57.1 cm³/mol. The molecule has 1 aromatic rings. The first kappa shape index (κ1) is 12.9. The molecule has 0 saturated carbocycles. The van der Waals surface area contributed by atoms with Crippen LogP contribution in [-0.4, -0.2) is 15.7 Å². The molecule has 6 heteroatoms.